The SMILES string of the molecule is C#CCN(CC(=O)NCc1ccco1)C1CCc2ccccc21. The van der Waals surface area contributed by atoms with Gasteiger partial charge in [0.1, 0.15) is 5.76 Å². The number of nitrogens with one attached hydrogen (secondary N) is 1. The molecule has 0 saturated heterocycles. The number of aryl methyl sites for hydroxylation is 1. The maximum absolute atomic E-state index is 12.2. The predicted molar refractivity (Wildman–Crippen MR) is 88.5 cm³/mol. The fourth-order valence-corrected chi connectivity index (χ4v) is 3.15. The third kappa shape index (κ3) is 3.64. The summed E-state index contributed by atoms with van der Waals surface area (Å²) in [6.07, 6.45) is 9.15. The van der Waals surface area contributed by atoms with E-state index in [0.29, 0.717) is 19.6 Å². The molecular formula is C19H20N2O2. The van der Waals surface area contributed by atoms with E-state index in [4.69, 9.17) is 10.8 Å². The summed E-state index contributed by atoms with van der Waals surface area (Å²) in [4.78, 5) is 14.3. The molecule has 0 fully saturated rings. The molecule has 1 atom stereocenters. The number of terminal acetylenes is 1. The van der Waals surface area contributed by atoms with E-state index in [1.807, 2.05) is 18.2 Å². The van der Waals surface area contributed by atoms with Gasteiger partial charge in [0.15, 0.2) is 0 Å². The van der Waals surface area contributed by atoms with Crippen molar-refractivity contribution in [2.45, 2.75) is 25.4 Å². The molecule has 2 aromatic rings. The molecule has 0 spiro atoms. The number of rotatable bonds is 6. The van der Waals surface area contributed by atoms with Crippen LogP contribution in [-0.4, -0.2) is 23.9 Å². The molecule has 3 rings (SSSR count). The van der Waals surface area contributed by atoms with Crippen LogP contribution in [0.5, 0.6) is 0 Å². The number of benzene rings is 1. The van der Waals surface area contributed by atoms with Crippen molar-refractivity contribution in [3.8, 4) is 12.3 Å². The Morgan fingerprint density at radius 1 is 1.35 bits per heavy atom. The van der Waals surface area contributed by atoms with Gasteiger partial charge in [-0.05, 0) is 36.1 Å². The van der Waals surface area contributed by atoms with Gasteiger partial charge in [-0.3, -0.25) is 9.69 Å². The molecule has 1 aromatic heterocycles. The average Bonchev–Trinajstić information content (AvgIpc) is 3.22. The first-order valence-corrected chi connectivity index (χ1v) is 7.82. The Balaban J connectivity index is 1.63. The van der Waals surface area contributed by atoms with Crippen molar-refractivity contribution in [3.63, 3.8) is 0 Å². The van der Waals surface area contributed by atoms with E-state index in [-0.39, 0.29) is 11.9 Å². The van der Waals surface area contributed by atoms with Gasteiger partial charge in [-0.1, -0.05) is 30.2 Å². The van der Waals surface area contributed by atoms with Gasteiger partial charge in [0, 0.05) is 6.04 Å². The zero-order chi connectivity index (χ0) is 16.1. The van der Waals surface area contributed by atoms with Crippen molar-refractivity contribution in [2.75, 3.05) is 13.1 Å². The molecule has 0 radical (unpaired) electrons. The van der Waals surface area contributed by atoms with Crippen LogP contribution in [0.25, 0.3) is 0 Å². The number of amides is 1. The Bertz CT molecular complexity index is 700. The number of furan rings is 1. The van der Waals surface area contributed by atoms with E-state index < -0.39 is 0 Å². The van der Waals surface area contributed by atoms with Crippen LogP contribution in [-0.2, 0) is 17.8 Å². The first-order chi connectivity index (χ1) is 11.3. The summed E-state index contributed by atoms with van der Waals surface area (Å²) in [6.45, 7) is 1.16. The summed E-state index contributed by atoms with van der Waals surface area (Å²) in [5.41, 5.74) is 2.65. The molecule has 0 bridgehead atoms. The van der Waals surface area contributed by atoms with Gasteiger partial charge in [0.25, 0.3) is 0 Å². The van der Waals surface area contributed by atoms with E-state index >= 15 is 0 Å². The predicted octanol–water partition coefficient (Wildman–Crippen LogP) is 2.52. The van der Waals surface area contributed by atoms with E-state index in [9.17, 15) is 4.79 Å². The van der Waals surface area contributed by atoms with Crippen LogP contribution in [0.3, 0.4) is 0 Å². The van der Waals surface area contributed by atoms with Gasteiger partial charge in [-0.2, -0.15) is 0 Å². The molecule has 1 aliphatic carbocycles. The summed E-state index contributed by atoms with van der Waals surface area (Å²) < 4.78 is 5.22. The number of hydrogen-bond acceptors (Lipinski definition) is 3. The lowest BCUT2D eigenvalue weighted by molar-refractivity contribution is -0.122. The monoisotopic (exact) mass is 308 g/mol. The van der Waals surface area contributed by atoms with Crippen molar-refractivity contribution < 1.29 is 9.21 Å². The normalized spacial score (nSPS) is 16.1. The van der Waals surface area contributed by atoms with Crippen LogP contribution in [0.2, 0.25) is 0 Å². The van der Waals surface area contributed by atoms with Gasteiger partial charge in [-0.15, -0.1) is 6.42 Å². The highest BCUT2D eigenvalue weighted by Crippen LogP contribution is 2.35. The van der Waals surface area contributed by atoms with Gasteiger partial charge < -0.3 is 9.73 Å². The fraction of sp³-hybridized carbons (Fsp3) is 0.316. The largest absolute Gasteiger partial charge is 0.467 e. The van der Waals surface area contributed by atoms with Crippen LogP contribution >= 0.6 is 0 Å². The van der Waals surface area contributed by atoms with Crippen molar-refractivity contribution in [1.29, 1.82) is 0 Å². The first kappa shape index (κ1) is 15.4. The lowest BCUT2D eigenvalue weighted by Gasteiger charge is -2.27. The fourth-order valence-electron chi connectivity index (χ4n) is 3.15. The second-order valence-electron chi connectivity index (χ2n) is 5.72. The Labute approximate surface area is 136 Å². The number of carbonyl (C=O) groups is 1. The molecule has 4 nitrogen and oxygen atoms in total. The van der Waals surface area contributed by atoms with Crippen LogP contribution in [0.4, 0.5) is 0 Å². The Hall–Kier alpha value is -2.51. The lowest BCUT2D eigenvalue weighted by atomic mass is 10.1. The maximum Gasteiger partial charge on any atom is 0.234 e. The zero-order valence-electron chi connectivity index (χ0n) is 13.0. The molecule has 1 amide bonds. The average molecular weight is 308 g/mol. The van der Waals surface area contributed by atoms with Gasteiger partial charge in [0.2, 0.25) is 5.91 Å². The zero-order valence-corrected chi connectivity index (χ0v) is 13.0. The van der Waals surface area contributed by atoms with E-state index in [2.05, 4.69) is 34.3 Å². The lowest BCUT2D eigenvalue weighted by Crippen LogP contribution is -2.38. The second kappa shape index (κ2) is 7.17. The number of hydrogen-bond donors (Lipinski definition) is 1. The van der Waals surface area contributed by atoms with Crippen molar-refractivity contribution in [1.82, 2.24) is 10.2 Å². The third-order valence-corrected chi connectivity index (χ3v) is 4.22. The molecule has 1 aromatic carbocycles. The first-order valence-electron chi connectivity index (χ1n) is 7.82. The second-order valence-corrected chi connectivity index (χ2v) is 5.72. The highest BCUT2D eigenvalue weighted by atomic mass is 16.3. The smallest absolute Gasteiger partial charge is 0.234 e. The Kier molecular flexibility index (Phi) is 4.80. The van der Waals surface area contributed by atoms with Crippen molar-refractivity contribution in [2.24, 2.45) is 0 Å². The molecular weight excluding hydrogens is 288 g/mol. The van der Waals surface area contributed by atoms with Crippen LogP contribution in [0.15, 0.2) is 47.1 Å². The molecule has 23 heavy (non-hydrogen) atoms. The van der Waals surface area contributed by atoms with E-state index in [1.54, 1.807) is 6.26 Å². The van der Waals surface area contributed by atoms with Crippen LogP contribution in [0, 0.1) is 12.3 Å². The summed E-state index contributed by atoms with van der Waals surface area (Å²) in [5.74, 6) is 3.38. The Morgan fingerprint density at radius 2 is 2.22 bits per heavy atom. The summed E-state index contributed by atoms with van der Waals surface area (Å²) in [5, 5.41) is 2.88. The maximum atomic E-state index is 12.2. The van der Waals surface area contributed by atoms with Crippen molar-refractivity contribution >= 4 is 5.91 Å². The van der Waals surface area contributed by atoms with E-state index in [1.165, 1.54) is 11.1 Å². The molecule has 118 valence electrons. The minimum atomic E-state index is -0.0407. The molecule has 1 heterocycles. The molecule has 0 aliphatic heterocycles. The quantitative estimate of drug-likeness (QED) is 0.834. The number of carbonyl (C=O) groups excluding carboxylic acids is 1. The standard InChI is InChI=1S/C19H20N2O2/c1-2-11-21(14-19(22)20-13-16-7-5-12-23-16)18-10-9-15-6-3-4-8-17(15)18/h1,3-8,12,18H,9-11,13-14H2,(H,20,22). The van der Waals surface area contributed by atoms with E-state index in [0.717, 1.165) is 18.6 Å². The van der Waals surface area contributed by atoms with Gasteiger partial charge in [0.05, 0.1) is 25.9 Å². The number of nitrogens with zero attached hydrogens (tertiary/aromatic N) is 1. The Morgan fingerprint density at radius 3 is 3.00 bits per heavy atom. The topological polar surface area (TPSA) is 45.5 Å². The highest BCUT2D eigenvalue weighted by Gasteiger charge is 2.28. The molecule has 0 saturated carbocycles. The number of fused-ring (bicyclic) bond motifs is 1. The molecule has 1 N–H and O–H groups in total. The minimum Gasteiger partial charge on any atom is -0.467 e. The summed E-state index contributed by atoms with van der Waals surface area (Å²) in [7, 11) is 0. The van der Waals surface area contributed by atoms with Crippen molar-refractivity contribution in [3.05, 3.63) is 59.5 Å². The highest BCUT2D eigenvalue weighted by molar-refractivity contribution is 5.78. The van der Waals surface area contributed by atoms with Gasteiger partial charge >= 0.3 is 0 Å². The molecule has 4 heteroatoms. The third-order valence-electron chi connectivity index (χ3n) is 4.22. The molecule has 1 aliphatic rings. The minimum absolute atomic E-state index is 0.0407. The summed E-state index contributed by atoms with van der Waals surface area (Å²) in [6, 6.07) is 12.3. The van der Waals surface area contributed by atoms with Crippen LogP contribution < -0.4 is 5.32 Å². The summed E-state index contributed by atoms with van der Waals surface area (Å²) >= 11 is 0. The molecule has 1 unspecified atom stereocenters. The van der Waals surface area contributed by atoms with Crippen LogP contribution in [0.1, 0.15) is 29.3 Å². The van der Waals surface area contributed by atoms with Gasteiger partial charge in [-0.25, -0.2) is 0 Å².